The summed E-state index contributed by atoms with van der Waals surface area (Å²) < 4.78 is 0. The molecular formula is C21H28N2O. The fourth-order valence-corrected chi connectivity index (χ4v) is 3.03. The average Bonchev–Trinajstić information content (AvgIpc) is 2.55. The summed E-state index contributed by atoms with van der Waals surface area (Å²) in [5, 5.41) is 3.08. The van der Waals surface area contributed by atoms with Crippen LogP contribution in [0.4, 0.5) is 5.69 Å². The monoisotopic (exact) mass is 324 g/mol. The maximum Gasteiger partial charge on any atom is 0.225 e. The van der Waals surface area contributed by atoms with E-state index >= 15 is 0 Å². The molecule has 2 aromatic carbocycles. The predicted octanol–water partition coefficient (Wildman–Crippen LogP) is 4.46. The van der Waals surface area contributed by atoms with Gasteiger partial charge < -0.3 is 5.32 Å². The number of nitrogens with zero attached hydrogens (tertiary/aromatic N) is 1. The molecule has 0 aliphatic carbocycles. The summed E-state index contributed by atoms with van der Waals surface area (Å²) in [5.74, 6) is 0.0802. The molecule has 1 N–H and O–H groups in total. The Bertz CT molecular complexity index is 656. The van der Waals surface area contributed by atoms with Crippen LogP contribution in [0.2, 0.25) is 0 Å². The van der Waals surface area contributed by atoms with Crippen LogP contribution in [0.5, 0.6) is 0 Å². The van der Waals surface area contributed by atoms with E-state index in [0.29, 0.717) is 6.42 Å². The summed E-state index contributed by atoms with van der Waals surface area (Å²) >= 11 is 0. The lowest BCUT2D eigenvalue weighted by Gasteiger charge is -2.20. The molecule has 0 aromatic heterocycles. The average molecular weight is 324 g/mol. The molecular weight excluding hydrogens is 296 g/mol. The Morgan fingerprint density at radius 2 is 1.67 bits per heavy atom. The molecule has 0 aliphatic heterocycles. The first kappa shape index (κ1) is 18.2. The maximum atomic E-state index is 12.3. The van der Waals surface area contributed by atoms with E-state index in [0.717, 1.165) is 36.4 Å². The van der Waals surface area contributed by atoms with Crippen LogP contribution in [-0.4, -0.2) is 23.9 Å². The zero-order chi connectivity index (χ0) is 17.5. The fraction of sp³-hybridized carbons (Fsp3) is 0.381. The number of carbonyl (C=O) groups is 1. The highest BCUT2D eigenvalue weighted by molar-refractivity contribution is 5.92. The standard InChI is InChI=1S/C21H28N2O/c1-5-23(15-19-9-7-6-8-10-19)12-11-20(24)22-21-17(3)13-16(2)14-18(21)4/h6-10,13-14H,5,11-12,15H2,1-4H3,(H,22,24). The lowest BCUT2D eigenvalue weighted by Crippen LogP contribution is -2.27. The van der Waals surface area contributed by atoms with Crippen molar-refractivity contribution < 1.29 is 4.79 Å². The van der Waals surface area contributed by atoms with Crippen LogP contribution < -0.4 is 5.32 Å². The number of nitrogens with one attached hydrogen (secondary N) is 1. The second kappa shape index (κ2) is 8.65. The number of hydrogen-bond donors (Lipinski definition) is 1. The summed E-state index contributed by atoms with van der Waals surface area (Å²) in [7, 11) is 0. The molecule has 1 amide bonds. The molecule has 2 rings (SSSR count). The zero-order valence-electron chi connectivity index (χ0n) is 15.2. The summed E-state index contributed by atoms with van der Waals surface area (Å²) in [6, 6.07) is 14.6. The third-order valence-electron chi connectivity index (χ3n) is 4.29. The first-order valence-corrected chi connectivity index (χ1v) is 8.63. The molecule has 0 radical (unpaired) electrons. The Balaban J connectivity index is 1.90. The van der Waals surface area contributed by atoms with Crippen molar-refractivity contribution >= 4 is 11.6 Å². The molecule has 0 aliphatic rings. The molecule has 0 heterocycles. The molecule has 0 unspecified atom stereocenters. The first-order chi connectivity index (χ1) is 11.5. The molecule has 128 valence electrons. The zero-order valence-corrected chi connectivity index (χ0v) is 15.2. The highest BCUT2D eigenvalue weighted by Crippen LogP contribution is 2.22. The Hall–Kier alpha value is -2.13. The van der Waals surface area contributed by atoms with E-state index in [2.05, 4.69) is 60.5 Å². The molecule has 0 fully saturated rings. The smallest absolute Gasteiger partial charge is 0.225 e. The Morgan fingerprint density at radius 3 is 2.25 bits per heavy atom. The van der Waals surface area contributed by atoms with Gasteiger partial charge in [-0.05, 0) is 44.0 Å². The van der Waals surface area contributed by atoms with Crippen LogP contribution in [-0.2, 0) is 11.3 Å². The Morgan fingerprint density at radius 1 is 1.04 bits per heavy atom. The molecule has 24 heavy (non-hydrogen) atoms. The molecule has 0 saturated carbocycles. The minimum atomic E-state index is 0.0802. The summed E-state index contributed by atoms with van der Waals surface area (Å²) in [4.78, 5) is 14.6. The number of anilines is 1. The van der Waals surface area contributed by atoms with Gasteiger partial charge in [-0.3, -0.25) is 9.69 Å². The van der Waals surface area contributed by atoms with E-state index in [1.165, 1.54) is 11.1 Å². The van der Waals surface area contributed by atoms with Crippen LogP contribution in [0.3, 0.4) is 0 Å². The van der Waals surface area contributed by atoms with E-state index < -0.39 is 0 Å². The minimum absolute atomic E-state index is 0.0802. The summed E-state index contributed by atoms with van der Waals surface area (Å²) in [5.41, 5.74) is 5.71. The minimum Gasteiger partial charge on any atom is -0.326 e. The molecule has 3 heteroatoms. The lowest BCUT2D eigenvalue weighted by molar-refractivity contribution is -0.116. The van der Waals surface area contributed by atoms with Crippen molar-refractivity contribution in [2.45, 2.75) is 40.7 Å². The van der Waals surface area contributed by atoms with Gasteiger partial charge in [-0.2, -0.15) is 0 Å². The lowest BCUT2D eigenvalue weighted by atomic mass is 10.0. The van der Waals surface area contributed by atoms with Crippen LogP contribution in [0, 0.1) is 20.8 Å². The first-order valence-electron chi connectivity index (χ1n) is 8.63. The van der Waals surface area contributed by atoms with Crippen molar-refractivity contribution in [2.24, 2.45) is 0 Å². The quantitative estimate of drug-likeness (QED) is 0.815. The van der Waals surface area contributed by atoms with Gasteiger partial charge >= 0.3 is 0 Å². The maximum absolute atomic E-state index is 12.3. The van der Waals surface area contributed by atoms with Gasteiger partial charge in [0.15, 0.2) is 0 Å². The topological polar surface area (TPSA) is 32.3 Å². The van der Waals surface area contributed by atoms with Gasteiger partial charge in [0.2, 0.25) is 5.91 Å². The van der Waals surface area contributed by atoms with Crippen molar-refractivity contribution in [2.75, 3.05) is 18.4 Å². The number of hydrogen-bond acceptors (Lipinski definition) is 2. The van der Waals surface area contributed by atoms with Crippen molar-refractivity contribution in [3.8, 4) is 0 Å². The highest BCUT2D eigenvalue weighted by Gasteiger charge is 2.10. The van der Waals surface area contributed by atoms with Gasteiger partial charge in [0.1, 0.15) is 0 Å². The van der Waals surface area contributed by atoms with Crippen molar-refractivity contribution in [1.29, 1.82) is 0 Å². The highest BCUT2D eigenvalue weighted by atomic mass is 16.1. The van der Waals surface area contributed by atoms with E-state index in [1.807, 2.05) is 19.9 Å². The van der Waals surface area contributed by atoms with E-state index in [1.54, 1.807) is 0 Å². The van der Waals surface area contributed by atoms with Crippen molar-refractivity contribution in [3.63, 3.8) is 0 Å². The van der Waals surface area contributed by atoms with Crippen LogP contribution in [0.1, 0.15) is 35.6 Å². The summed E-state index contributed by atoms with van der Waals surface area (Å²) in [6.45, 7) is 10.9. The van der Waals surface area contributed by atoms with Crippen molar-refractivity contribution in [1.82, 2.24) is 4.90 Å². The van der Waals surface area contributed by atoms with Gasteiger partial charge in [0.25, 0.3) is 0 Å². The third kappa shape index (κ3) is 5.20. The van der Waals surface area contributed by atoms with Gasteiger partial charge in [0.05, 0.1) is 0 Å². The molecule has 0 saturated heterocycles. The van der Waals surface area contributed by atoms with Gasteiger partial charge in [0, 0.05) is 25.2 Å². The number of rotatable bonds is 7. The Labute approximate surface area is 145 Å². The van der Waals surface area contributed by atoms with Crippen LogP contribution >= 0.6 is 0 Å². The Kier molecular flexibility index (Phi) is 6.56. The van der Waals surface area contributed by atoms with Gasteiger partial charge in [-0.1, -0.05) is 55.0 Å². The number of carbonyl (C=O) groups excluding carboxylic acids is 1. The van der Waals surface area contributed by atoms with Crippen LogP contribution in [0.25, 0.3) is 0 Å². The second-order valence-corrected chi connectivity index (χ2v) is 6.43. The predicted molar refractivity (Wildman–Crippen MR) is 101 cm³/mol. The summed E-state index contributed by atoms with van der Waals surface area (Å²) in [6.07, 6.45) is 0.507. The third-order valence-corrected chi connectivity index (χ3v) is 4.29. The van der Waals surface area contributed by atoms with E-state index in [9.17, 15) is 4.79 Å². The fourth-order valence-electron chi connectivity index (χ4n) is 3.03. The molecule has 3 nitrogen and oxygen atoms in total. The van der Waals surface area contributed by atoms with Gasteiger partial charge in [-0.25, -0.2) is 0 Å². The van der Waals surface area contributed by atoms with Crippen molar-refractivity contribution in [3.05, 3.63) is 64.7 Å². The number of amides is 1. The molecule has 0 atom stereocenters. The van der Waals surface area contributed by atoms with Crippen LogP contribution in [0.15, 0.2) is 42.5 Å². The van der Waals surface area contributed by atoms with Gasteiger partial charge in [-0.15, -0.1) is 0 Å². The second-order valence-electron chi connectivity index (χ2n) is 6.43. The van der Waals surface area contributed by atoms with E-state index in [-0.39, 0.29) is 5.91 Å². The largest absolute Gasteiger partial charge is 0.326 e. The number of aryl methyl sites for hydroxylation is 3. The number of benzene rings is 2. The molecule has 0 spiro atoms. The van der Waals surface area contributed by atoms with E-state index in [4.69, 9.17) is 0 Å². The normalized spacial score (nSPS) is 10.9. The SMILES string of the molecule is CCN(CCC(=O)Nc1c(C)cc(C)cc1C)Cc1ccccc1. The molecule has 2 aromatic rings. The molecule has 0 bridgehead atoms.